The molecule has 1 amide bonds. The Balaban J connectivity index is 1.40. The van der Waals surface area contributed by atoms with Gasteiger partial charge in [0.2, 0.25) is 5.91 Å². The lowest BCUT2D eigenvalue weighted by atomic mass is 10.2. The molecule has 0 saturated heterocycles. The van der Waals surface area contributed by atoms with Crippen molar-refractivity contribution in [2.45, 2.75) is 44.2 Å². The van der Waals surface area contributed by atoms with Crippen molar-refractivity contribution in [3.63, 3.8) is 0 Å². The molecular weight excluding hydrogens is 462 g/mol. The number of carbonyl (C=O) groups is 2. The zero-order chi connectivity index (χ0) is 23.2. The summed E-state index contributed by atoms with van der Waals surface area (Å²) in [5.41, 5.74) is 3.05. The summed E-state index contributed by atoms with van der Waals surface area (Å²) in [5.74, 6) is -0.493. The van der Waals surface area contributed by atoms with Crippen LogP contribution in [0.5, 0.6) is 0 Å². The molecular formula is C22H23N5O4S2. The lowest BCUT2D eigenvalue weighted by molar-refractivity contribution is -0.142. The molecule has 11 heteroatoms. The van der Waals surface area contributed by atoms with E-state index in [4.69, 9.17) is 4.74 Å². The monoisotopic (exact) mass is 485 g/mol. The first kappa shape index (κ1) is 23.1. The van der Waals surface area contributed by atoms with Gasteiger partial charge in [0, 0.05) is 22.8 Å². The van der Waals surface area contributed by atoms with E-state index in [0.29, 0.717) is 29.0 Å². The molecule has 0 saturated carbocycles. The number of amides is 1. The third kappa shape index (κ3) is 5.85. The fourth-order valence-electron chi connectivity index (χ4n) is 3.62. The molecule has 0 aromatic carbocycles. The Labute approximate surface area is 198 Å². The Bertz CT molecular complexity index is 1210. The summed E-state index contributed by atoms with van der Waals surface area (Å²) < 4.78 is 6.60. The van der Waals surface area contributed by atoms with Crippen LogP contribution in [0.2, 0.25) is 0 Å². The molecule has 0 bridgehead atoms. The van der Waals surface area contributed by atoms with E-state index < -0.39 is 0 Å². The van der Waals surface area contributed by atoms with Crippen molar-refractivity contribution < 1.29 is 14.3 Å². The van der Waals surface area contributed by atoms with Crippen molar-refractivity contribution >= 4 is 40.1 Å². The number of esters is 1. The van der Waals surface area contributed by atoms with Crippen LogP contribution in [0.15, 0.2) is 39.6 Å². The van der Waals surface area contributed by atoms with Gasteiger partial charge in [0.05, 0.1) is 36.7 Å². The summed E-state index contributed by atoms with van der Waals surface area (Å²) in [6.07, 6.45) is 4.37. The Hall–Kier alpha value is -3.05. The van der Waals surface area contributed by atoms with Crippen LogP contribution in [-0.4, -0.2) is 43.8 Å². The number of anilines is 1. The minimum absolute atomic E-state index is 0.0693. The van der Waals surface area contributed by atoms with Gasteiger partial charge >= 0.3 is 11.7 Å². The van der Waals surface area contributed by atoms with Crippen LogP contribution in [0.1, 0.15) is 36.0 Å². The molecule has 0 aliphatic heterocycles. The second kappa shape index (κ2) is 10.7. The van der Waals surface area contributed by atoms with Crippen LogP contribution in [0.3, 0.4) is 0 Å². The maximum absolute atomic E-state index is 12.7. The Morgan fingerprint density at radius 2 is 2.12 bits per heavy atom. The highest BCUT2D eigenvalue weighted by atomic mass is 32.2. The van der Waals surface area contributed by atoms with Gasteiger partial charge in [-0.3, -0.25) is 19.1 Å². The fourth-order valence-corrected chi connectivity index (χ4v) is 5.22. The van der Waals surface area contributed by atoms with E-state index in [1.165, 1.54) is 23.1 Å². The molecule has 0 fully saturated rings. The van der Waals surface area contributed by atoms with Gasteiger partial charge < -0.3 is 10.1 Å². The quantitative estimate of drug-likeness (QED) is 0.279. The Kier molecular flexibility index (Phi) is 7.50. The van der Waals surface area contributed by atoms with E-state index in [-0.39, 0.29) is 29.7 Å². The summed E-state index contributed by atoms with van der Waals surface area (Å²) in [6, 6.07) is 5.62. The number of hydrogen-bond donors (Lipinski definition) is 1. The molecule has 4 rings (SSSR count). The lowest BCUT2D eigenvalue weighted by Gasteiger charge is -2.13. The molecule has 9 nitrogen and oxygen atoms in total. The number of carbonyl (C=O) groups excluding carboxylic acids is 2. The normalized spacial score (nSPS) is 12.4. The summed E-state index contributed by atoms with van der Waals surface area (Å²) in [4.78, 5) is 49.6. The van der Waals surface area contributed by atoms with Crippen molar-refractivity contribution in [2.24, 2.45) is 0 Å². The third-order valence-corrected chi connectivity index (χ3v) is 6.84. The van der Waals surface area contributed by atoms with Crippen LogP contribution in [-0.2, 0) is 40.1 Å². The molecule has 0 unspecified atom stereocenters. The molecule has 3 aromatic heterocycles. The number of fused-ring (bicyclic) bond motifs is 1. The molecule has 0 atom stereocenters. The molecule has 3 aromatic rings. The summed E-state index contributed by atoms with van der Waals surface area (Å²) in [6.45, 7) is 2.45. The number of rotatable bonds is 9. The van der Waals surface area contributed by atoms with E-state index in [1.807, 2.05) is 18.2 Å². The standard InChI is InChI=1S/C22H23N5O4S2/c1-2-31-19(29)10-15-12-33-21(24-15)25-18(28)13-32-20-16-7-5-8-17(16)27(22(30)26-20)11-14-6-3-4-9-23-14/h3-4,6,9,12H,2,5,7-8,10-11,13H2,1H3,(H,24,25,28). The van der Waals surface area contributed by atoms with Crippen molar-refractivity contribution in [1.29, 1.82) is 0 Å². The van der Waals surface area contributed by atoms with E-state index in [1.54, 1.807) is 23.1 Å². The lowest BCUT2D eigenvalue weighted by Crippen LogP contribution is -2.28. The van der Waals surface area contributed by atoms with Crippen molar-refractivity contribution in [2.75, 3.05) is 17.7 Å². The third-order valence-electron chi connectivity index (χ3n) is 5.02. The topological polar surface area (TPSA) is 116 Å². The second-order valence-electron chi connectivity index (χ2n) is 7.35. The number of hydrogen-bond acceptors (Lipinski definition) is 9. The zero-order valence-corrected chi connectivity index (χ0v) is 19.7. The van der Waals surface area contributed by atoms with Crippen molar-refractivity contribution in [3.8, 4) is 0 Å². The van der Waals surface area contributed by atoms with Gasteiger partial charge in [-0.1, -0.05) is 17.8 Å². The molecule has 1 aliphatic carbocycles. The summed E-state index contributed by atoms with van der Waals surface area (Å²) in [7, 11) is 0. The predicted molar refractivity (Wildman–Crippen MR) is 126 cm³/mol. The van der Waals surface area contributed by atoms with Crippen LogP contribution in [0, 0.1) is 0 Å². The predicted octanol–water partition coefficient (Wildman–Crippen LogP) is 2.47. The molecule has 172 valence electrons. The Morgan fingerprint density at radius 1 is 1.24 bits per heavy atom. The van der Waals surface area contributed by atoms with Gasteiger partial charge in [0.15, 0.2) is 5.13 Å². The molecule has 0 spiro atoms. The highest BCUT2D eigenvalue weighted by Gasteiger charge is 2.23. The molecule has 1 N–H and O–H groups in total. The van der Waals surface area contributed by atoms with Crippen LogP contribution in [0.4, 0.5) is 5.13 Å². The van der Waals surface area contributed by atoms with Crippen LogP contribution in [0.25, 0.3) is 0 Å². The van der Waals surface area contributed by atoms with Crippen molar-refractivity contribution in [3.05, 3.63) is 62.9 Å². The van der Waals surface area contributed by atoms with Crippen LogP contribution >= 0.6 is 23.1 Å². The summed E-state index contributed by atoms with van der Waals surface area (Å²) in [5, 5.41) is 5.49. The maximum Gasteiger partial charge on any atom is 0.349 e. The summed E-state index contributed by atoms with van der Waals surface area (Å²) >= 11 is 2.51. The second-order valence-corrected chi connectivity index (χ2v) is 9.17. The average Bonchev–Trinajstić information content (AvgIpc) is 3.45. The number of aromatic nitrogens is 4. The number of thioether (sulfide) groups is 1. The smallest absolute Gasteiger partial charge is 0.349 e. The molecule has 33 heavy (non-hydrogen) atoms. The number of nitrogens with one attached hydrogen (secondary N) is 1. The molecule has 0 radical (unpaired) electrons. The van der Waals surface area contributed by atoms with E-state index in [0.717, 1.165) is 36.2 Å². The number of thiazole rings is 1. The maximum atomic E-state index is 12.7. The van der Waals surface area contributed by atoms with Crippen LogP contribution < -0.4 is 11.0 Å². The first-order chi connectivity index (χ1) is 16.0. The first-order valence-electron chi connectivity index (χ1n) is 10.6. The van der Waals surface area contributed by atoms with Gasteiger partial charge in [-0.15, -0.1) is 11.3 Å². The minimum Gasteiger partial charge on any atom is -0.466 e. The average molecular weight is 486 g/mol. The number of pyridine rings is 1. The number of ether oxygens (including phenoxy) is 1. The number of nitrogens with zero attached hydrogens (tertiary/aromatic N) is 4. The molecule has 3 heterocycles. The molecule has 1 aliphatic rings. The SMILES string of the molecule is CCOC(=O)Cc1csc(NC(=O)CSc2nc(=O)n(Cc3ccccn3)c3c2CCC3)n1. The van der Waals surface area contributed by atoms with E-state index in [9.17, 15) is 14.4 Å². The minimum atomic E-state index is -0.353. The highest BCUT2D eigenvalue weighted by molar-refractivity contribution is 8.00. The fraction of sp³-hybridized carbons (Fsp3) is 0.364. The van der Waals surface area contributed by atoms with Gasteiger partial charge in [0.25, 0.3) is 0 Å². The van der Waals surface area contributed by atoms with Gasteiger partial charge in [-0.05, 0) is 38.3 Å². The highest BCUT2D eigenvalue weighted by Crippen LogP contribution is 2.29. The van der Waals surface area contributed by atoms with E-state index >= 15 is 0 Å². The van der Waals surface area contributed by atoms with Crippen molar-refractivity contribution in [1.82, 2.24) is 19.5 Å². The first-order valence-corrected chi connectivity index (χ1v) is 12.4. The van der Waals surface area contributed by atoms with Gasteiger partial charge in [-0.2, -0.15) is 4.98 Å². The van der Waals surface area contributed by atoms with Gasteiger partial charge in [-0.25, -0.2) is 9.78 Å². The Morgan fingerprint density at radius 3 is 2.91 bits per heavy atom. The zero-order valence-electron chi connectivity index (χ0n) is 18.1. The largest absolute Gasteiger partial charge is 0.466 e. The van der Waals surface area contributed by atoms with Gasteiger partial charge in [0.1, 0.15) is 5.03 Å². The van der Waals surface area contributed by atoms with E-state index in [2.05, 4.69) is 20.3 Å².